The summed E-state index contributed by atoms with van der Waals surface area (Å²) in [5.41, 5.74) is -0.863. The molecule has 0 saturated heterocycles. The van der Waals surface area contributed by atoms with Crippen molar-refractivity contribution in [3.63, 3.8) is 0 Å². The molecule has 186 valence electrons. The number of hydrogen-bond donors (Lipinski definition) is 2. The van der Waals surface area contributed by atoms with Gasteiger partial charge in [-0.3, -0.25) is 5.21 Å². The summed E-state index contributed by atoms with van der Waals surface area (Å²) in [5, 5.41) is 12.3. The summed E-state index contributed by atoms with van der Waals surface area (Å²) < 4.78 is 60.1. The van der Waals surface area contributed by atoms with E-state index in [-0.39, 0.29) is 0 Å². The molecule has 1 aliphatic rings. The number of unbranched alkanes of at least 4 members (excludes halogenated alkanes) is 1. The summed E-state index contributed by atoms with van der Waals surface area (Å²) in [5.74, 6) is 2.20. The van der Waals surface area contributed by atoms with Gasteiger partial charge in [-0.2, -0.15) is 13.2 Å². The number of thioether (sulfide) groups is 1. The molecular weight excluding hydrogens is 507 g/mol. The Labute approximate surface area is 206 Å². The summed E-state index contributed by atoms with van der Waals surface area (Å²) >= 11 is 3.76. The standard InChI is InChI=1S/C22H25NOS2.CHF3O3S/c24-23-21-20-15-5-4-13-19(20)14-7-9-17-26-22(21)25-16-8-6-12-18-10-2-1-3-11-18;2-1(3,4)8(5,6)7/h1-5,10-11,13,15H,6-9,12,14,16-17H2;(H,5,6,7)/p+1/b23-21-;. The molecular formula is C23H27F3NO4S3+. The molecule has 5 nitrogen and oxygen atoms in total. The normalized spacial score (nSPS) is 15.8. The van der Waals surface area contributed by atoms with Gasteiger partial charge in [-0.05, 0) is 54.5 Å². The average Bonchev–Trinajstić information content (AvgIpc) is 2.87. The summed E-state index contributed by atoms with van der Waals surface area (Å²) in [6.07, 6.45) is 7.03. The summed E-state index contributed by atoms with van der Waals surface area (Å²) in [6.45, 7) is 0. The van der Waals surface area contributed by atoms with Crippen LogP contribution >= 0.6 is 11.8 Å². The van der Waals surface area contributed by atoms with Gasteiger partial charge in [0.05, 0.1) is 5.56 Å². The molecule has 0 saturated carbocycles. The number of fused-ring (bicyclic) bond motifs is 1. The van der Waals surface area contributed by atoms with E-state index in [1.807, 2.05) is 23.1 Å². The van der Waals surface area contributed by atoms with Crippen LogP contribution in [0.5, 0.6) is 0 Å². The lowest BCUT2D eigenvalue weighted by Gasteiger charge is -2.08. The van der Waals surface area contributed by atoms with Crippen molar-refractivity contribution in [3.05, 3.63) is 71.3 Å². The molecule has 2 aromatic rings. The van der Waals surface area contributed by atoms with Gasteiger partial charge in [-0.1, -0.05) is 60.3 Å². The van der Waals surface area contributed by atoms with Gasteiger partial charge < -0.3 is 4.55 Å². The number of halogens is 3. The highest BCUT2D eigenvalue weighted by atomic mass is 32.2. The van der Waals surface area contributed by atoms with Gasteiger partial charge in [-0.15, -0.1) is 0 Å². The molecule has 2 aromatic carbocycles. The third-order valence-corrected chi connectivity index (χ3v) is 8.09. The van der Waals surface area contributed by atoms with E-state index in [4.69, 9.17) is 13.0 Å². The van der Waals surface area contributed by atoms with E-state index >= 15 is 0 Å². The fourth-order valence-electron chi connectivity index (χ4n) is 3.21. The Balaban J connectivity index is 0.000000440. The van der Waals surface area contributed by atoms with Crippen LogP contribution in [0.25, 0.3) is 0 Å². The summed E-state index contributed by atoms with van der Waals surface area (Å²) in [7, 11) is -6.09. The first-order valence-electron chi connectivity index (χ1n) is 10.7. The Morgan fingerprint density at radius 1 is 1.03 bits per heavy atom. The van der Waals surface area contributed by atoms with Crippen LogP contribution in [-0.4, -0.2) is 45.1 Å². The minimum atomic E-state index is -6.09. The van der Waals surface area contributed by atoms with E-state index < -0.39 is 15.6 Å². The van der Waals surface area contributed by atoms with E-state index in [1.165, 1.54) is 41.0 Å². The van der Waals surface area contributed by atoms with E-state index in [1.54, 1.807) is 0 Å². The second kappa shape index (κ2) is 13.8. The number of hydrogen-bond acceptors (Lipinski definition) is 5. The zero-order chi connectivity index (χ0) is 25.0. The molecule has 1 heterocycles. The Morgan fingerprint density at radius 2 is 1.68 bits per heavy atom. The first-order valence-corrected chi connectivity index (χ1v) is 14.1. The number of benzene rings is 2. The maximum Gasteiger partial charge on any atom is 0.485 e. The molecule has 2 N–H and O–H groups in total. The Kier molecular flexibility index (Phi) is 11.5. The predicted octanol–water partition coefficient (Wildman–Crippen LogP) is 3.30. The van der Waals surface area contributed by atoms with Gasteiger partial charge in [0.25, 0.3) is 0 Å². The van der Waals surface area contributed by atoms with Gasteiger partial charge in [0, 0.05) is 12.2 Å². The summed E-state index contributed by atoms with van der Waals surface area (Å²) in [6, 6.07) is 19.2. The average molecular weight is 535 g/mol. The van der Waals surface area contributed by atoms with Crippen molar-refractivity contribution >= 4 is 43.1 Å². The lowest BCUT2D eigenvalue weighted by molar-refractivity contribution is -0.735. The molecule has 0 spiro atoms. The molecule has 0 amide bonds. The molecule has 0 fully saturated rings. The lowest BCUT2D eigenvalue weighted by Crippen LogP contribution is -2.71. The van der Waals surface area contributed by atoms with Gasteiger partial charge in [0.15, 0.2) is 27.2 Å². The van der Waals surface area contributed by atoms with Crippen LogP contribution in [0.3, 0.4) is 0 Å². The molecule has 0 bridgehead atoms. The number of alkyl halides is 3. The summed E-state index contributed by atoms with van der Waals surface area (Å²) in [4.78, 5) is 0. The van der Waals surface area contributed by atoms with Crippen LogP contribution in [-0.2, 0) is 34.3 Å². The van der Waals surface area contributed by atoms with E-state index in [0.717, 1.165) is 35.6 Å². The van der Waals surface area contributed by atoms with Gasteiger partial charge in [-0.25, -0.2) is 8.42 Å². The molecule has 3 rings (SSSR count). The van der Waals surface area contributed by atoms with Gasteiger partial charge in [0.1, 0.15) is 0 Å². The fraction of sp³-hybridized carbons (Fsp3) is 0.391. The quantitative estimate of drug-likeness (QED) is 0.117. The second-order valence-corrected chi connectivity index (χ2v) is 11.3. The van der Waals surface area contributed by atoms with Crippen molar-refractivity contribution < 1.29 is 36.5 Å². The van der Waals surface area contributed by atoms with Crippen LogP contribution in [0.15, 0.2) is 54.6 Å². The van der Waals surface area contributed by atoms with Crippen molar-refractivity contribution in [3.8, 4) is 0 Å². The first-order chi connectivity index (χ1) is 16.1. The second-order valence-electron chi connectivity index (χ2n) is 7.43. The molecule has 0 aliphatic carbocycles. The van der Waals surface area contributed by atoms with E-state index in [0.29, 0.717) is 0 Å². The zero-order valence-electron chi connectivity index (χ0n) is 18.4. The third-order valence-electron chi connectivity index (χ3n) is 4.90. The van der Waals surface area contributed by atoms with E-state index in [9.17, 15) is 18.4 Å². The van der Waals surface area contributed by atoms with Crippen LogP contribution in [0.1, 0.15) is 42.4 Å². The van der Waals surface area contributed by atoms with Crippen LogP contribution in [0, 0.1) is 0 Å². The molecule has 0 unspecified atom stereocenters. The molecule has 0 radical (unpaired) electrons. The van der Waals surface area contributed by atoms with E-state index in [2.05, 4.69) is 59.8 Å². The van der Waals surface area contributed by atoms with Crippen LogP contribution in [0.2, 0.25) is 0 Å². The van der Waals surface area contributed by atoms with Gasteiger partial charge >= 0.3 is 15.4 Å². The topological polar surface area (TPSA) is 91.4 Å². The minimum Gasteiger partial charge on any atom is -0.741 e. The molecule has 0 atom stereocenters. The number of rotatable bonds is 5. The van der Waals surface area contributed by atoms with Crippen molar-refractivity contribution in [2.24, 2.45) is 0 Å². The monoisotopic (exact) mass is 534 g/mol. The molecule has 0 aromatic heterocycles. The Bertz CT molecular complexity index is 1070. The molecule has 34 heavy (non-hydrogen) atoms. The highest BCUT2D eigenvalue weighted by Gasteiger charge is 2.37. The predicted molar refractivity (Wildman–Crippen MR) is 131 cm³/mol. The van der Waals surface area contributed by atoms with Crippen LogP contribution in [0.4, 0.5) is 13.2 Å². The maximum absolute atomic E-state index is 10.7. The Hall–Kier alpha value is -1.95. The highest BCUT2D eigenvalue weighted by molar-refractivity contribution is 8.24. The zero-order valence-corrected chi connectivity index (χ0v) is 20.8. The van der Waals surface area contributed by atoms with Crippen LogP contribution < -0.4 is 5.16 Å². The SMILES string of the molecule is O/[NH+]=C1\C(SCCCCc2ccccc2)=[S+]CCCCc2ccccc21.O=S(=O)([O-])C(F)(F)F. The first kappa shape index (κ1) is 28.3. The number of nitrogens with one attached hydrogen (secondary N) is 1. The fourth-order valence-corrected chi connectivity index (χ4v) is 5.71. The van der Waals surface area contributed by atoms with Crippen molar-refractivity contribution in [1.29, 1.82) is 0 Å². The molecule has 1 aliphatic heterocycles. The minimum absolute atomic E-state index is 0.889. The largest absolute Gasteiger partial charge is 0.741 e. The smallest absolute Gasteiger partial charge is 0.485 e. The lowest BCUT2D eigenvalue weighted by atomic mass is 9.99. The highest BCUT2D eigenvalue weighted by Crippen LogP contribution is 2.21. The van der Waals surface area contributed by atoms with Gasteiger partial charge in [0.2, 0.25) is 0 Å². The molecule has 11 heteroatoms. The van der Waals surface area contributed by atoms with Crippen molar-refractivity contribution in [1.82, 2.24) is 0 Å². The van der Waals surface area contributed by atoms with Crippen molar-refractivity contribution in [2.45, 2.75) is 44.0 Å². The number of aryl methyl sites for hydroxylation is 2. The van der Waals surface area contributed by atoms with Crippen molar-refractivity contribution in [2.75, 3.05) is 11.5 Å². The Morgan fingerprint density at radius 3 is 2.32 bits per heavy atom. The third kappa shape index (κ3) is 9.36. The maximum atomic E-state index is 10.7.